The van der Waals surface area contributed by atoms with Gasteiger partial charge in [-0.15, -0.1) is 10.2 Å². The van der Waals surface area contributed by atoms with E-state index in [-0.39, 0.29) is 24.0 Å². The lowest BCUT2D eigenvalue weighted by atomic mass is 10.2. The highest BCUT2D eigenvalue weighted by Gasteiger charge is 2.10. The van der Waals surface area contributed by atoms with Crippen molar-refractivity contribution in [3.05, 3.63) is 64.4 Å². The summed E-state index contributed by atoms with van der Waals surface area (Å²) in [7, 11) is 0. The van der Waals surface area contributed by atoms with Gasteiger partial charge in [0.15, 0.2) is 4.34 Å². The van der Waals surface area contributed by atoms with Gasteiger partial charge in [0.05, 0.1) is 5.75 Å². The van der Waals surface area contributed by atoms with Crippen molar-refractivity contribution in [2.24, 2.45) is 0 Å². The van der Waals surface area contributed by atoms with E-state index in [1.54, 1.807) is 18.2 Å². The Hall–Kier alpha value is -2.16. The minimum absolute atomic E-state index is 0.156. The fraction of sp³-hybridized carbons (Fsp3) is 0.167. The number of nitrogens with one attached hydrogen (secondary N) is 2. The number of hydrogen-bond acceptors (Lipinski definition) is 6. The maximum Gasteiger partial charge on any atom is 0.230 e. The van der Waals surface area contributed by atoms with E-state index in [2.05, 4.69) is 20.8 Å². The number of thioether (sulfide) groups is 1. The number of amides is 1. The standard InChI is InChI=1S/C18H16ClFN4OS2/c1-11-6-7-13(8-14(11)19)22-17-23-24-18(27-17)26-10-16(25)21-9-12-4-2-3-5-15(12)20/h2-8H,9-10H2,1H3,(H,21,25)(H,22,23). The molecule has 0 spiro atoms. The van der Waals surface area contributed by atoms with E-state index >= 15 is 0 Å². The molecule has 5 nitrogen and oxygen atoms in total. The summed E-state index contributed by atoms with van der Waals surface area (Å²) >= 11 is 8.73. The van der Waals surface area contributed by atoms with Crippen LogP contribution in [0.5, 0.6) is 0 Å². The van der Waals surface area contributed by atoms with Crippen molar-refractivity contribution >= 4 is 51.4 Å². The largest absolute Gasteiger partial charge is 0.351 e. The molecule has 0 saturated carbocycles. The zero-order chi connectivity index (χ0) is 19.2. The first-order valence-electron chi connectivity index (χ1n) is 8.01. The molecule has 2 aromatic carbocycles. The Morgan fingerprint density at radius 1 is 1.26 bits per heavy atom. The fourth-order valence-electron chi connectivity index (χ4n) is 2.13. The Bertz CT molecular complexity index is 951. The topological polar surface area (TPSA) is 66.9 Å². The van der Waals surface area contributed by atoms with Gasteiger partial charge in [0.2, 0.25) is 11.0 Å². The van der Waals surface area contributed by atoms with Crippen LogP contribution in [0.2, 0.25) is 5.02 Å². The molecular formula is C18H16ClFN4OS2. The van der Waals surface area contributed by atoms with Crippen LogP contribution < -0.4 is 10.6 Å². The first-order valence-corrected chi connectivity index (χ1v) is 10.2. The van der Waals surface area contributed by atoms with Crippen LogP contribution in [-0.4, -0.2) is 21.9 Å². The molecule has 140 valence electrons. The van der Waals surface area contributed by atoms with E-state index in [1.807, 2.05) is 25.1 Å². The fourth-order valence-corrected chi connectivity index (χ4v) is 3.91. The molecule has 0 aliphatic rings. The van der Waals surface area contributed by atoms with Crippen molar-refractivity contribution in [3.8, 4) is 0 Å². The van der Waals surface area contributed by atoms with Crippen molar-refractivity contribution in [1.82, 2.24) is 15.5 Å². The number of carbonyl (C=O) groups is 1. The van der Waals surface area contributed by atoms with Crippen molar-refractivity contribution in [2.45, 2.75) is 17.8 Å². The summed E-state index contributed by atoms with van der Waals surface area (Å²) in [4.78, 5) is 11.9. The highest BCUT2D eigenvalue weighted by Crippen LogP contribution is 2.29. The highest BCUT2D eigenvalue weighted by atomic mass is 35.5. The second kappa shape index (κ2) is 9.16. The van der Waals surface area contributed by atoms with Crippen LogP contribution in [0.4, 0.5) is 15.2 Å². The van der Waals surface area contributed by atoms with Crippen LogP contribution in [0.25, 0.3) is 0 Å². The third-order valence-corrected chi connectivity index (χ3v) is 5.97. The van der Waals surface area contributed by atoms with Gasteiger partial charge in [-0.2, -0.15) is 0 Å². The Kier molecular flexibility index (Phi) is 6.65. The van der Waals surface area contributed by atoms with Gasteiger partial charge in [0.1, 0.15) is 5.82 Å². The van der Waals surface area contributed by atoms with Gasteiger partial charge < -0.3 is 10.6 Å². The lowest BCUT2D eigenvalue weighted by Gasteiger charge is -2.05. The number of benzene rings is 2. The van der Waals surface area contributed by atoms with Gasteiger partial charge in [-0.1, -0.05) is 59.0 Å². The third-order valence-electron chi connectivity index (χ3n) is 3.59. The number of hydrogen-bond donors (Lipinski definition) is 2. The molecule has 0 aliphatic carbocycles. The molecular weight excluding hydrogens is 407 g/mol. The van der Waals surface area contributed by atoms with E-state index < -0.39 is 0 Å². The zero-order valence-electron chi connectivity index (χ0n) is 14.3. The van der Waals surface area contributed by atoms with Crippen LogP contribution in [0.1, 0.15) is 11.1 Å². The Balaban J connectivity index is 1.48. The molecule has 1 heterocycles. The van der Waals surface area contributed by atoms with Gasteiger partial charge in [-0.05, 0) is 30.7 Å². The number of aryl methyl sites for hydroxylation is 1. The summed E-state index contributed by atoms with van der Waals surface area (Å²) in [5.74, 6) is -0.348. The van der Waals surface area contributed by atoms with Gasteiger partial charge in [-0.25, -0.2) is 4.39 Å². The average Bonchev–Trinajstić information content (AvgIpc) is 3.10. The molecule has 2 N–H and O–H groups in total. The Labute approximate surface area is 169 Å². The molecule has 3 rings (SSSR count). The molecule has 1 aromatic heterocycles. The number of aromatic nitrogens is 2. The Morgan fingerprint density at radius 3 is 2.85 bits per heavy atom. The van der Waals surface area contributed by atoms with E-state index in [1.165, 1.54) is 29.2 Å². The maximum absolute atomic E-state index is 13.5. The van der Waals surface area contributed by atoms with Crippen LogP contribution >= 0.6 is 34.7 Å². The normalized spacial score (nSPS) is 10.6. The first-order chi connectivity index (χ1) is 13.0. The maximum atomic E-state index is 13.5. The molecule has 0 bridgehead atoms. The summed E-state index contributed by atoms with van der Waals surface area (Å²) < 4.78 is 14.2. The van der Waals surface area contributed by atoms with Crippen LogP contribution in [0.3, 0.4) is 0 Å². The quantitative estimate of drug-likeness (QED) is 0.536. The zero-order valence-corrected chi connectivity index (χ0v) is 16.7. The van der Waals surface area contributed by atoms with E-state index in [0.29, 0.717) is 20.1 Å². The van der Waals surface area contributed by atoms with Crippen molar-refractivity contribution < 1.29 is 9.18 Å². The van der Waals surface area contributed by atoms with E-state index in [9.17, 15) is 9.18 Å². The highest BCUT2D eigenvalue weighted by molar-refractivity contribution is 8.01. The monoisotopic (exact) mass is 422 g/mol. The molecule has 0 atom stereocenters. The predicted octanol–water partition coefficient (Wildman–Crippen LogP) is 4.79. The number of anilines is 2. The third kappa shape index (κ3) is 5.66. The molecule has 27 heavy (non-hydrogen) atoms. The van der Waals surface area contributed by atoms with Gasteiger partial charge in [0, 0.05) is 22.8 Å². The summed E-state index contributed by atoms with van der Waals surface area (Å²) in [6, 6.07) is 12.0. The lowest BCUT2D eigenvalue weighted by Crippen LogP contribution is -2.24. The van der Waals surface area contributed by atoms with Gasteiger partial charge >= 0.3 is 0 Å². The molecule has 9 heteroatoms. The van der Waals surface area contributed by atoms with Crippen LogP contribution in [-0.2, 0) is 11.3 Å². The summed E-state index contributed by atoms with van der Waals surface area (Å²) in [6.45, 7) is 2.09. The molecule has 3 aromatic rings. The smallest absolute Gasteiger partial charge is 0.230 e. The van der Waals surface area contributed by atoms with E-state index in [0.717, 1.165) is 11.3 Å². The lowest BCUT2D eigenvalue weighted by molar-refractivity contribution is -0.118. The minimum Gasteiger partial charge on any atom is -0.351 e. The molecule has 0 saturated heterocycles. The van der Waals surface area contributed by atoms with Gasteiger partial charge in [-0.3, -0.25) is 4.79 Å². The predicted molar refractivity (Wildman–Crippen MR) is 108 cm³/mol. The molecule has 0 aliphatic heterocycles. The second-order valence-electron chi connectivity index (χ2n) is 5.62. The average molecular weight is 423 g/mol. The SMILES string of the molecule is Cc1ccc(Nc2nnc(SCC(=O)NCc3ccccc3F)s2)cc1Cl. The second-order valence-corrected chi connectivity index (χ2v) is 8.23. The van der Waals surface area contributed by atoms with Crippen molar-refractivity contribution in [3.63, 3.8) is 0 Å². The van der Waals surface area contributed by atoms with Crippen LogP contribution in [0.15, 0.2) is 46.8 Å². The van der Waals surface area contributed by atoms with Gasteiger partial charge in [0.25, 0.3) is 0 Å². The van der Waals surface area contributed by atoms with Crippen LogP contribution in [0, 0.1) is 12.7 Å². The first kappa shape index (κ1) is 19.6. The molecule has 0 fully saturated rings. The molecule has 0 radical (unpaired) electrons. The summed E-state index contributed by atoms with van der Waals surface area (Å²) in [5, 5.41) is 15.2. The molecule has 0 unspecified atom stereocenters. The molecule has 1 amide bonds. The van der Waals surface area contributed by atoms with Crippen molar-refractivity contribution in [1.29, 1.82) is 0 Å². The van der Waals surface area contributed by atoms with Crippen molar-refractivity contribution in [2.75, 3.05) is 11.1 Å². The number of nitrogens with zero attached hydrogens (tertiary/aromatic N) is 2. The van der Waals surface area contributed by atoms with E-state index in [4.69, 9.17) is 11.6 Å². The Morgan fingerprint density at radius 2 is 2.07 bits per heavy atom. The minimum atomic E-state index is -0.332. The summed E-state index contributed by atoms with van der Waals surface area (Å²) in [6.07, 6.45) is 0. The summed E-state index contributed by atoms with van der Waals surface area (Å²) in [5.41, 5.74) is 2.27. The number of halogens is 2. The number of rotatable bonds is 7. The number of carbonyl (C=O) groups excluding carboxylic acids is 1.